The van der Waals surface area contributed by atoms with Crippen LogP contribution in [-0.4, -0.2) is 47.1 Å². The van der Waals surface area contributed by atoms with E-state index in [4.69, 9.17) is 11.5 Å². The minimum absolute atomic E-state index is 0.0495. The van der Waals surface area contributed by atoms with E-state index in [-0.39, 0.29) is 24.9 Å². The maximum Gasteiger partial charge on any atom is 0.317 e. The maximum atomic E-state index is 12.1. The summed E-state index contributed by atoms with van der Waals surface area (Å²) in [6.45, 7) is 8.27. The van der Waals surface area contributed by atoms with Gasteiger partial charge in [-0.05, 0) is 18.8 Å². The van der Waals surface area contributed by atoms with Gasteiger partial charge in [-0.15, -0.1) is 6.42 Å². The van der Waals surface area contributed by atoms with Crippen LogP contribution in [0.1, 0.15) is 40.5 Å². The first kappa shape index (κ1) is 18.5. The van der Waals surface area contributed by atoms with Crippen LogP contribution >= 0.6 is 0 Å². The van der Waals surface area contributed by atoms with Crippen LogP contribution in [0, 0.1) is 18.3 Å². The van der Waals surface area contributed by atoms with Crippen molar-refractivity contribution < 1.29 is 14.7 Å². The van der Waals surface area contributed by atoms with E-state index in [2.05, 4.69) is 11.2 Å². The number of carbonyl (C=O) groups is 2. The minimum Gasteiger partial charge on any atom is -0.480 e. The smallest absolute Gasteiger partial charge is 0.317 e. The van der Waals surface area contributed by atoms with Gasteiger partial charge in [0.1, 0.15) is 5.54 Å². The summed E-state index contributed by atoms with van der Waals surface area (Å²) in [7, 11) is 0. The third-order valence-electron chi connectivity index (χ3n) is 3.21. The zero-order valence-electron chi connectivity index (χ0n) is 12.9. The minimum atomic E-state index is -0.937. The largest absolute Gasteiger partial charge is 0.480 e. The summed E-state index contributed by atoms with van der Waals surface area (Å²) in [6.07, 6.45) is 6.79. The lowest BCUT2D eigenvalue weighted by Crippen LogP contribution is -2.51. The average Bonchev–Trinajstić information content (AvgIpc) is 2.34. The zero-order chi connectivity index (χ0) is 15.8. The SMILES string of the molecule is C#CC(CC)(CC)NC(=O)CN(CC(=O)O)CC(C)C. The molecule has 0 radical (unpaired) electrons. The van der Waals surface area contributed by atoms with E-state index in [1.165, 1.54) is 0 Å². The molecule has 0 saturated heterocycles. The van der Waals surface area contributed by atoms with E-state index in [0.717, 1.165) is 0 Å². The summed E-state index contributed by atoms with van der Waals surface area (Å²) in [4.78, 5) is 24.5. The molecule has 0 aromatic heterocycles. The van der Waals surface area contributed by atoms with Crippen LogP contribution in [0.15, 0.2) is 0 Å². The molecule has 5 nitrogen and oxygen atoms in total. The number of nitrogens with one attached hydrogen (secondary N) is 1. The number of carboxylic acids is 1. The molecule has 0 aliphatic heterocycles. The molecule has 0 fully saturated rings. The van der Waals surface area contributed by atoms with Gasteiger partial charge in [-0.3, -0.25) is 14.5 Å². The molecule has 0 aromatic carbocycles. The van der Waals surface area contributed by atoms with Crippen molar-refractivity contribution in [3.05, 3.63) is 0 Å². The topological polar surface area (TPSA) is 69.6 Å². The number of aliphatic carboxylic acids is 1. The van der Waals surface area contributed by atoms with Gasteiger partial charge in [-0.1, -0.05) is 33.6 Å². The normalized spacial score (nSPS) is 11.4. The Morgan fingerprint density at radius 2 is 1.85 bits per heavy atom. The monoisotopic (exact) mass is 282 g/mol. The van der Waals surface area contributed by atoms with Crippen molar-refractivity contribution in [3.8, 4) is 12.3 Å². The highest BCUT2D eigenvalue weighted by atomic mass is 16.4. The third kappa shape index (κ3) is 6.58. The standard InChI is InChI=1S/C15H26N2O3/c1-6-15(7-2,8-3)16-13(18)10-17(9-12(4)5)11-14(19)20/h1,12H,7-11H2,2-5H3,(H,16,18)(H,19,20). The van der Waals surface area contributed by atoms with Crippen molar-refractivity contribution in [2.24, 2.45) is 5.92 Å². The fourth-order valence-electron chi connectivity index (χ4n) is 2.07. The Morgan fingerprint density at radius 1 is 1.30 bits per heavy atom. The van der Waals surface area contributed by atoms with Gasteiger partial charge < -0.3 is 10.4 Å². The first-order valence-corrected chi connectivity index (χ1v) is 7.01. The fourth-order valence-corrected chi connectivity index (χ4v) is 2.07. The highest BCUT2D eigenvalue weighted by molar-refractivity contribution is 5.80. The maximum absolute atomic E-state index is 12.1. The zero-order valence-corrected chi connectivity index (χ0v) is 12.9. The summed E-state index contributed by atoms with van der Waals surface area (Å²) in [5.74, 6) is 1.76. The van der Waals surface area contributed by atoms with Crippen LogP contribution in [0.5, 0.6) is 0 Å². The Labute approximate surface area is 121 Å². The second-order valence-electron chi connectivity index (χ2n) is 5.44. The Hall–Kier alpha value is -1.54. The van der Waals surface area contributed by atoms with Gasteiger partial charge in [-0.25, -0.2) is 0 Å². The average molecular weight is 282 g/mol. The van der Waals surface area contributed by atoms with Gasteiger partial charge in [0.15, 0.2) is 0 Å². The second kappa shape index (κ2) is 8.60. The van der Waals surface area contributed by atoms with Crippen LogP contribution in [0.2, 0.25) is 0 Å². The number of hydrogen-bond donors (Lipinski definition) is 2. The first-order chi connectivity index (χ1) is 9.28. The van der Waals surface area contributed by atoms with E-state index < -0.39 is 11.5 Å². The van der Waals surface area contributed by atoms with Crippen LogP contribution in [0.4, 0.5) is 0 Å². The molecule has 0 spiro atoms. The third-order valence-corrected chi connectivity index (χ3v) is 3.21. The first-order valence-electron chi connectivity index (χ1n) is 7.01. The molecule has 0 unspecified atom stereocenters. The Bertz CT molecular complexity index is 368. The molecule has 0 aromatic rings. The van der Waals surface area contributed by atoms with Gasteiger partial charge in [0, 0.05) is 6.54 Å². The molecule has 2 N–H and O–H groups in total. The molecule has 0 heterocycles. The van der Waals surface area contributed by atoms with Crippen LogP contribution < -0.4 is 5.32 Å². The summed E-state index contributed by atoms with van der Waals surface area (Å²) in [5, 5.41) is 11.7. The lowest BCUT2D eigenvalue weighted by atomic mass is 9.94. The van der Waals surface area contributed by atoms with E-state index in [1.807, 2.05) is 27.7 Å². The summed E-state index contributed by atoms with van der Waals surface area (Å²) in [5.41, 5.74) is -0.635. The molecule has 1 amide bonds. The van der Waals surface area contributed by atoms with Crippen molar-refractivity contribution in [2.75, 3.05) is 19.6 Å². The van der Waals surface area contributed by atoms with Crippen molar-refractivity contribution in [1.82, 2.24) is 10.2 Å². The van der Waals surface area contributed by atoms with Gasteiger partial charge in [0.05, 0.1) is 13.1 Å². The molecule has 0 saturated carbocycles. The molecule has 0 aliphatic carbocycles. The van der Waals surface area contributed by atoms with Gasteiger partial charge in [0.2, 0.25) is 5.91 Å². The number of amides is 1. The molecule has 5 heteroatoms. The van der Waals surface area contributed by atoms with Crippen molar-refractivity contribution in [1.29, 1.82) is 0 Å². The van der Waals surface area contributed by atoms with Crippen LogP contribution in [-0.2, 0) is 9.59 Å². The lowest BCUT2D eigenvalue weighted by molar-refractivity contribution is -0.138. The Morgan fingerprint density at radius 3 is 2.20 bits per heavy atom. The molecular formula is C15H26N2O3. The Balaban J connectivity index is 4.67. The number of rotatable bonds is 9. The quantitative estimate of drug-likeness (QED) is 0.626. The molecule has 0 aliphatic rings. The number of carboxylic acid groups (broad SMARTS) is 1. The van der Waals surface area contributed by atoms with Crippen LogP contribution in [0.25, 0.3) is 0 Å². The molecule has 0 bridgehead atoms. The van der Waals surface area contributed by atoms with E-state index in [1.54, 1.807) is 4.90 Å². The predicted molar refractivity (Wildman–Crippen MR) is 79.2 cm³/mol. The van der Waals surface area contributed by atoms with E-state index >= 15 is 0 Å². The van der Waals surface area contributed by atoms with Crippen molar-refractivity contribution in [2.45, 2.75) is 46.1 Å². The molecule has 114 valence electrons. The van der Waals surface area contributed by atoms with E-state index in [9.17, 15) is 9.59 Å². The molecule has 0 atom stereocenters. The predicted octanol–water partition coefficient (Wildman–Crippen LogP) is 1.34. The fraction of sp³-hybridized carbons (Fsp3) is 0.733. The molecule has 20 heavy (non-hydrogen) atoms. The summed E-state index contributed by atoms with van der Waals surface area (Å²) >= 11 is 0. The highest BCUT2D eigenvalue weighted by Crippen LogP contribution is 2.13. The van der Waals surface area contributed by atoms with Crippen LogP contribution in [0.3, 0.4) is 0 Å². The summed E-state index contributed by atoms with van der Waals surface area (Å²) in [6, 6.07) is 0. The van der Waals surface area contributed by atoms with Gasteiger partial charge >= 0.3 is 5.97 Å². The van der Waals surface area contributed by atoms with Crippen molar-refractivity contribution >= 4 is 11.9 Å². The number of carbonyl (C=O) groups excluding carboxylic acids is 1. The number of hydrogen-bond acceptors (Lipinski definition) is 3. The number of nitrogens with zero attached hydrogens (tertiary/aromatic N) is 1. The van der Waals surface area contributed by atoms with Gasteiger partial charge in [-0.2, -0.15) is 0 Å². The van der Waals surface area contributed by atoms with Crippen molar-refractivity contribution in [3.63, 3.8) is 0 Å². The Kier molecular flexibility index (Phi) is 7.93. The highest BCUT2D eigenvalue weighted by Gasteiger charge is 2.26. The van der Waals surface area contributed by atoms with Gasteiger partial charge in [0.25, 0.3) is 0 Å². The molecule has 0 rings (SSSR count). The van der Waals surface area contributed by atoms with E-state index in [0.29, 0.717) is 19.4 Å². The number of terminal acetylenes is 1. The second-order valence-corrected chi connectivity index (χ2v) is 5.44. The summed E-state index contributed by atoms with van der Waals surface area (Å²) < 4.78 is 0. The lowest BCUT2D eigenvalue weighted by Gasteiger charge is -2.29. The molecular weight excluding hydrogens is 256 g/mol.